The van der Waals surface area contributed by atoms with Crippen LogP contribution in [0.3, 0.4) is 0 Å². The van der Waals surface area contributed by atoms with Gasteiger partial charge >= 0.3 is 0 Å². The van der Waals surface area contributed by atoms with E-state index >= 15 is 0 Å². The summed E-state index contributed by atoms with van der Waals surface area (Å²) in [5, 5.41) is 87.0. The molecule has 16 nitrogen and oxygen atoms in total. The average Bonchev–Trinajstić information content (AvgIpc) is 3.65. The van der Waals surface area contributed by atoms with Crippen molar-refractivity contribution in [2.75, 3.05) is 26.4 Å². The lowest BCUT2D eigenvalue weighted by molar-refractivity contribution is -0.374. The summed E-state index contributed by atoms with van der Waals surface area (Å²) in [4.78, 5) is 0. The Hall–Kier alpha value is -0.900. The van der Waals surface area contributed by atoms with Crippen molar-refractivity contribution in [3.8, 4) is 0 Å². The van der Waals surface area contributed by atoms with Crippen LogP contribution >= 0.6 is 0 Å². The van der Waals surface area contributed by atoms with Crippen molar-refractivity contribution in [3.05, 3.63) is 11.6 Å². The molecular weight excluding hydrogens is 821 g/mol. The minimum Gasteiger partial charge on any atom is -0.394 e. The van der Waals surface area contributed by atoms with Crippen molar-refractivity contribution in [1.29, 1.82) is 0 Å². The van der Waals surface area contributed by atoms with E-state index in [4.69, 9.17) is 37.9 Å². The Morgan fingerprint density at radius 2 is 1.52 bits per heavy atom. The molecule has 25 atom stereocenters. The summed E-state index contributed by atoms with van der Waals surface area (Å²) in [6.07, 6.45) is -6.93. The number of allylic oxidation sites excluding steroid dienone is 1. The van der Waals surface area contributed by atoms with Gasteiger partial charge in [0.1, 0.15) is 60.5 Å². The molecule has 0 bridgehead atoms. The number of hydrogen-bond donors (Lipinski definition) is 8. The van der Waals surface area contributed by atoms with Crippen molar-refractivity contribution in [2.45, 2.75) is 210 Å². The second-order valence-electron chi connectivity index (χ2n) is 22.2. The topological polar surface area (TPSA) is 236 Å². The van der Waals surface area contributed by atoms with Crippen LogP contribution in [0.5, 0.6) is 0 Å². The molecule has 63 heavy (non-hydrogen) atoms. The number of ether oxygens (including phenoxy) is 8. The molecule has 5 aliphatic heterocycles. The van der Waals surface area contributed by atoms with Crippen LogP contribution < -0.4 is 0 Å². The standard InChI is InChI=1S/C47H76O16/c1-22-10-15-47(58-19-22)23(2)32-30(63-47)17-45(7)29-9-8-26-16-27(11-13-43(26,5)28(29)12-14-44(32,45)6)60-42-39(62-41-36(52)35(51)33(49)25(4)59-41)37(53)38(31(18-48)61-42)57-21-46(55)20-56-24(3)34(50)40(46)54/h8,22-25,27-42,48-55H,9-21H2,1-7H3. The molecule has 0 radical (unpaired) electrons. The lowest BCUT2D eigenvalue weighted by Gasteiger charge is -2.63. The first kappa shape index (κ1) is 47.2. The van der Waals surface area contributed by atoms with Crippen molar-refractivity contribution in [1.82, 2.24) is 0 Å². The van der Waals surface area contributed by atoms with Crippen LogP contribution in [0.4, 0.5) is 0 Å². The lowest BCUT2D eigenvalue weighted by atomic mass is 9.42. The van der Waals surface area contributed by atoms with E-state index in [-0.39, 0.29) is 35.1 Å². The number of hydrogen-bond acceptors (Lipinski definition) is 16. The molecule has 1 spiro atoms. The fourth-order valence-electron chi connectivity index (χ4n) is 14.5. The number of aliphatic hydroxyl groups is 8. The molecule has 0 aromatic carbocycles. The zero-order chi connectivity index (χ0) is 45.2. The molecule has 4 aliphatic carbocycles. The molecule has 9 aliphatic rings. The molecule has 3 saturated carbocycles. The third kappa shape index (κ3) is 7.46. The fourth-order valence-corrected chi connectivity index (χ4v) is 14.5. The molecule has 25 unspecified atom stereocenters. The van der Waals surface area contributed by atoms with Gasteiger partial charge in [0.25, 0.3) is 0 Å². The van der Waals surface area contributed by atoms with Gasteiger partial charge in [-0.15, -0.1) is 0 Å². The van der Waals surface area contributed by atoms with E-state index < -0.39 is 104 Å². The maximum atomic E-state index is 12.0. The Morgan fingerprint density at radius 1 is 0.762 bits per heavy atom. The van der Waals surface area contributed by atoms with E-state index in [1.807, 2.05) is 0 Å². The fraction of sp³-hybridized carbons (Fsp3) is 0.957. The molecule has 5 saturated heterocycles. The summed E-state index contributed by atoms with van der Waals surface area (Å²) in [5.74, 6) is 1.91. The Bertz CT molecular complexity index is 1680. The molecule has 0 aromatic rings. The highest BCUT2D eigenvalue weighted by molar-refractivity contribution is 5.28. The largest absolute Gasteiger partial charge is 0.394 e. The van der Waals surface area contributed by atoms with E-state index in [1.54, 1.807) is 6.92 Å². The molecule has 16 heteroatoms. The summed E-state index contributed by atoms with van der Waals surface area (Å²) in [6, 6.07) is 0. The lowest BCUT2D eigenvalue weighted by Crippen LogP contribution is -2.66. The van der Waals surface area contributed by atoms with Crippen molar-refractivity contribution >= 4 is 0 Å². The van der Waals surface area contributed by atoms with E-state index in [0.717, 1.165) is 51.6 Å². The summed E-state index contributed by atoms with van der Waals surface area (Å²) in [5.41, 5.74) is -0.500. The van der Waals surface area contributed by atoms with Gasteiger partial charge in [-0.3, -0.25) is 0 Å². The third-order valence-electron chi connectivity index (χ3n) is 18.8. The molecule has 5 heterocycles. The van der Waals surface area contributed by atoms with E-state index in [0.29, 0.717) is 42.4 Å². The van der Waals surface area contributed by atoms with Gasteiger partial charge in [0.2, 0.25) is 0 Å². The first-order valence-corrected chi connectivity index (χ1v) is 24.0. The number of aliphatic hydroxyl groups excluding tert-OH is 7. The SMILES string of the molecule is CC1CCC2(OC1)OC1CC3(C)C4CC=C5CC(OC6OC(CO)C(OCC7(O)COC(C)C(O)C7O)C(O)C6OC6OC(C)C(O)C(O)C6O)CCC5(C)C4CCC3(C)C1C2C. The van der Waals surface area contributed by atoms with Crippen molar-refractivity contribution < 1.29 is 78.7 Å². The zero-order valence-electron chi connectivity index (χ0n) is 38.2. The molecule has 0 amide bonds. The molecule has 0 aromatic heterocycles. The monoisotopic (exact) mass is 897 g/mol. The van der Waals surface area contributed by atoms with Gasteiger partial charge in [0.05, 0.1) is 50.8 Å². The second-order valence-corrected chi connectivity index (χ2v) is 22.2. The van der Waals surface area contributed by atoms with Crippen LogP contribution in [0.25, 0.3) is 0 Å². The van der Waals surface area contributed by atoms with Crippen LogP contribution in [0, 0.1) is 45.8 Å². The summed E-state index contributed by atoms with van der Waals surface area (Å²) in [7, 11) is 0. The van der Waals surface area contributed by atoms with E-state index in [9.17, 15) is 40.9 Å². The third-order valence-corrected chi connectivity index (χ3v) is 18.8. The number of fused-ring (bicyclic) bond motifs is 7. The van der Waals surface area contributed by atoms with Crippen LogP contribution in [0.2, 0.25) is 0 Å². The summed E-state index contributed by atoms with van der Waals surface area (Å²) in [6.45, 7) is 14.4. The average molecular weight is 897 g/mol. The van der Waals surface area contributed by atoms with E-state index in [2.05, 4.69) is 40.7 Å². The second kappa shape index (κ2) is 17.0. The Kier molecular flexibility index (Phi) is 12.7. The molecular formula is C47H76O16. The summed E-state index contributed by atoms with van der Waals surface area (Å²) >= 11 is 0. The highest BCUT2D eigenvalue weighted by Gasteiger charge is 2.73. The Labute approximate surface area is 371 Å². The quantitative estimate of drug-likeness (QED) is 0.162. The normalized spacial score (nSPS) is 58.1. The van der Waals surface area contributed by atoms with Crippen LogP contribution in [-0.2, 0) is 37.9 Å². The van der Waals surface area contributed by atoms with Crippen LogP contribution in [0.1, 0.15) is 106 Å². The first-order valence-electron chi connectivity index (χ1n) is 24.0. The Balaban J connectivity index is 0.919. The molecule has 8 N–H and O–H groups in total. The predicted octanol–water partition coefficient (Wildman–Crippen LogP) is 1.68. The van der Waals surface area contributed by atoms with Crippen molar-refractivity contribution in [3.63, 3.8) is 0 Å². The minimum atomic E-state index is -2.06. The van der Waals surface area contributed by atoms with E-state index in [1.165, 1.54) is 12.5 Å². The Morgan fingerprint density at radius 3 is 2.24 bits per heavy atom. The summed E-state index contributed by atoms with van der Waals surface area (Å²) < 4.78 is 50.2. The predicted molar refractivity (Wildman–Crippen MR) is 222 cm³/mol. The zero-order valence-corrected chi connectivity index (χ0v) is 38.2. The van der Waals surface area contributed by atoms with Gasteiger partial charge in [-0.1, -0.05) is 46.3 Å². The molecule has 9 rings (SSSR count). The van der Waals surface area contributed by atoms with Crippen LogP contribution in [0.15, 0.2) is 11.6 Å². The van der Waals surface area contributed by atoms with Crippen molar-refractivity contribution in [2.24, 2.45) is 45.8 Å². The maximum Gasteiger partial charge on any atom is 0.187 e. The smallest absolute Gasteiger partial charge is 0.187 e. The highest BCUT2D eigenvalue weighted by Crippen LogP contribution is 2.75. The number of rotatable bonds is 8. The van der Waals surface area contributed by atoms with Gasteiger partial charge in [-0.05, 0) is 105 Å². The molecule has 8 fully saturated rings. The van der Waals surface area contributed by atoms with Gasteiger partial charge in [-0.2, -0.15) is 0 Å². The highest BCUT2D eigenvalue weighted by atomic mass is 16.8. The van der Waals surface area contributed by atoms with Gasteiger partial charge < -0.3 is 78.7 Å². The minimum absolute atomic E-state index is 0.0390. The van der Waals surface area contributed by atoms with Gasteiger partial charge in [0.15, 0.2) is 18.4 Å². The maximum absolute atomic E-state index is 12.0. The first-order chi connectivity index (χ1) is 29.7. The molecule has 360 valence electrons. The van der Waals surface area contributed by atoms with Crippen LogP contribution in [-0.4, -0.2) is 171 Å². The van der Waals surface area contributed by atoms with Gasteiger partial charge in [0, 0.05) is 12.3 Å². The van der Waals surface area contributed by atoms with Gasteiger partial charge in [-0.25, -0.2) is 0 Å².